The van der Waals surface area contributed by atoms with Crippen molar-refractivity contribution in [3.8, 4) is 0 Å². The Balaban J connectivity index is 1.43. The quantitative estimate of drug-likeness (QED) is 0.214. The molecule has 4 amide bonds. The SMILES string of the molecule is O=C(NCc1ccc(/C=N/NC(=O)C(=O)Nc2cccc(Br)c2)o1)C(=O)Nc1cccc(Cl)c1. The van der Waals surface area contributed by atoms with Gasteiger partial charge in [-0.05, 0) is 48.5 Å². The molecule has 12 heteroatoms. The number of hydrazone groups is 1. The van der Waals surface area contributed by atoms with Crippen LogP contribution in [0.4, 0.5) is 11.4 Å². The van der Waals surface area contributed by atoms with Gasteiger partial charge in [-0.15, -0.1) is 0 Å². The van der Waals surface area contributed by atoms with E-state index >= 15 is 0 Å². The van der Waals surface area contributed by atoms with Gasteiger partial charge >= 0.3 is 23.6 Å². The Morgan fingerprint density at radius 2 is 1.56 bits per heavy atom. The molecular weight excluding hydrogens is 530 g/mol. The summed E-state index contributed by atoms with van der Waals surface area (Å²) >= 11 is 9.11. The van der Waals surface area contributed by atoms with Gasteiger partial charge in [0.1, 0.15) is 11.5 Å². The maximum atomic E-state index is 12.0. The molecule has 0 saturated heterocycles. The lowest BCUT2D eigenvalue weighted by Gasteiger charge is -2.05. The van der Waals surface area contributed by atoms with Gasteiger partial charge in [-0.25, -0.2) is 5.43 Å². The number of nitrogens with one attached hydrogen (secondary N) is 4. The number of amides is 4. The molecule has 1 aromatic heterocycles. The van der Waals surface area contributed by atoms with Crippen LogP contribution in [0.5, 0.6) is 0 Å². The van der Waals surface area contributed by atoms with Crippen LogP contribution in [0.25, 0.3) is 0 Å². The summed E-state index contributed by atoms with van der Waals surface area (Å²) in [5.74, 6) is -3.01. The third-order valence-corrected chi connectivity index (χ3v) is 4.77. The molecule has 0 aliphatic rings. The first-order valence-electron chi connectivity index (χ1n) is 9.63. The molecule has 0 aliphatic heterocycles. The summed E-state index contributed by atoms with van der Waals surface area (Å²) in [6.07, 6.45) is 1.18. The van der Waals surface area contributed by atoms with E-state index in [1.165, 1.54) is 18.3 Å². The number of anilines is 2. The number of halogens is 2. The van der Waals surface area contributed by atoms with Crippen molar-refractivity contribution in [1.29, 1.82) is 0 Å². The normalized spacial score (nSPS) is 10.5. The summed E-state index contributed by atoms with van der Waals surface area (Å²) in [6, 6.07) is 16.2. The van der Waals surface area contributed by atoms with Gasteiger partial charge in [0.05, 0.1) is 12.8 Å². The van der Waals surface area contributed by atoms with E-state index < -0.39 is 23.6 Å². The van der Waals surface area contributed by atoms with Crippen molar-refractivity contribution in [2.45, 2.75) is 6.54 Å². The van der Waals surface area contributed by atoms with Gasteiger partial charge in [-0.2, -0.15) is 5.10 Å². The molecule has 0 spiro atoms. The van der Waals surface area contributed by atoms with Crippen LogP contribution in [0.1, 0.15) is 11.5 Å². The van der Waals surface area contributed by atoms with Gasteiger partial charge in [0, 0.05) is 20.9 Å². The Hall–Kier alpha value is -3.96. The van der Waals surface area contributed by atoms with E-state index in [1.807, 2.05) is 0 Å². The van der Waals surface area contributed by atoms with Crippen molar-refractivity contribution < 1.29 is 23.6 Å². The molecule has 1 heterocycles. The summed E-state index contributed by atoms with van der Waals surface area (Å²) in [7, 11) is 0. The number of rotatable bonds is 6. The Morgan fingerprint density at radius 1 is 0.882 bits per heavy atom. The zero-order chi connectivity index (χ0) is 24.5. The zero-order valence-electron chi connectivity index (χ0n) is 17.3. The molecule has 0 fully saturated rings. The predicted molar refractivity (Wildman–Crippen MR) is 129 cm³/mol. The lowest BCUT2D eigenvalue weighted by Crippen LogP contribution is -2.34. The minimum atomic E-state index is -0.971. The van der Waals surface area contributed by atoms with Crippen LogP contribution in [-0.2, 0) is 25.7 Å². The van der Waals surface area contributed by atoms with Gasteiger partial charge < -0.3 is 20.4 Å². The van der Waals surface area contributed by atoms with Crippen LogP contribution in [0.3, 0.4) is 0 Å². The number of furan rings is 1. The third-order valence-electron chi connectivity index (χ3n) is 4.04. The number of carbonyl (C=O) groups excluding carboxylic acids is 4. The Kier molecular flexibility index (Phi) is 8.54. The number of hydrogen-bond acceptors (Lipinski definition) is 6. The summed E-state index contributed by atoms with van der Waals surface area (Å²) in [4.78, 5) is 47.6. The van der Waals surface area contributed by atoms with Crippen LogP contribution in [0.2, 0.25) is 5.02 Å². The second kappa shape index (κ2) is 11.8. The number of benzene rings is 2. The predicted octanol–water partition coefficient (Wildman–Crippen LogP) is 3.04. The van der Waals surface area contributed by atoms with E-state index in [0.29, 0.717) is 22.2 Å². The molecule has 0 atom stereocenters. The Morgan fingerprint density at radius 3 is 2.26 bits per heavy atom. The Labute approximate surface area is 206 Å². The molecule has 0 unspecified atom stereocenters. The average molecular weight is 547 g/mol. The van der Waals surface area contributed by atoms with Gasteiger partial charge in [-0.1, -0.05) is 39.7 Å². The van der Waals surface area contributed by atoms with Crippen molar-refractivity contribution in [3.63, 3.8) is 0 Å². The highest BCUT2D eigenvalue weighted by molar-refractivity contribution is 9.10. The highest BCUT2D eigenvalue weighted by atomic mass is 79.9. The molecule has 3 aromatic rings. The largest absolute Gasteiger partial charge is 0.458 e. The fraction of sp³-hybridized carbons (Fsp3) is 0.0455. The first-order valence-corrected chi connectivity index (χ1v) is 10.8. The smallest absolute Gasteiger partial charge is 0.329 e. The molecule has 0 saturated carbocycles. The summed E-state index contributed by atoms with van der Waals surface area (Å²) in [6.45, 7) is -0.0585. The number of nitrogens with zero attached hydrogens (tertiary/aromatic N) is 1. The molecule has 0 aliphatic carbocycles. The minimum absolute atomic E-state index is 0.0585. The van der Waals surface area contributed by atoms with Crippen molar-refractivity contribution in [3.05, 3.63) is 81.7 Å². The molecule has 0 bridgehead atoms. The van der Waals surface area contributed by atoms with Gasteiger partial charge in [0.15, 0.2) is 0 Å². The molecule has 34 heavy (non-hydrogen) atoms. The number of hydrogen-bond donors (Lipinski definition) is 4. The van der Waals surface area contributed by atoms with Crippen molar-refractivity contribution >= 4 is 68.7 Å². The van der Waals surface area contributed by atoms with E-state index in [0.717, 1.165) is 4.47 Å². The Bertz CT molecular complexity index is 1260. The maximum Gasteiger partial charge on any atom is 0.329 e. The standard InChI is InChI=1S/C22H17BrClN5O5/c23-13-3-1-5-15(9-13)27-21(32)22(33)29-26-12-18-8-7-17(34-18)11-25-19(30)20(31)28-16-6-2-4-14(24)10-16/h1-10,12H,11H2,(H,25,30)(H,27,32)(H,28,31)(H,29,33)/b26-12+. The molecular formula is C22H17BrClN5O5. The number of carbonyl (C=O) groups is 4. The highest BCUT2D eigenvalue weighted by Crippen LogP contribution is 2.16. The topological polar surface area (TPSA) is 142 Å². The van der Waals surface area contributed by atoms with E-state index in [9.17, 15) is 19.2 Å². The molecule has 2 aromatic carbocycles. The summed E-state index contributed by atoms with van der Waals surface area (Å²) in [5, 5.41) is 11.4. The van der Waals surface area contributed by atoms with Crippen LogP contribution in [0.15, 0.2) is 74.7 Å². The van der Waals surface area contributed by atoms with Crippen molar-refractivity contribution in [2.75, 3.05) is 10.6 Å². The van der Waals surface area contributed by atoms with E-state index in [4.69, 9.17) is 16.0 Å². The van der Waals surface area contributed by atoms with Gasteiger partial charge in [0.25, 0.3) is 0 Å². The van der Waals surface area contributed by atoms with E-state index in [1.54, 1.807) is 48.5 Å². The van der Waals surface area contributed by atoms with Crippen LogP contribution < -0.4 is 21.4 Å². The van der Waals surface area contributed by atoms with Crippen LogP contribution >= 0.6 is 27.5 Å². The summed E-state index contributed by atoms with van der Waals surface area (Å²) < 4.78 is 6.17. The maximum absolute atomic E-state index is 12.0. The first kappa shape index (κ1) is 24.7. The fourth-order valence-corrected chi connectivity index (χ4v) is 3.11. The van der Waals surface area contributed by atoms with Crippen LogP contribution in [-0.4, -0.2) is 29.8 Å². The van der Waals surface area contributed by atoms with Crippen LogP contribution in [0, 0.1) is 0 Å². The summed E-state index contributed by atoms with van der Waals surface area (Å²) in [5.41, 5.74) is 2.91. The average Bonchev–Trinajstić information content (AvgIpc) is 3.25. The molecule has 4 N–H and O–H groups in total. The lowest BCUT2D eigenvalue weighted by atomic mass is 10.3. The zero-order valence-corrected chi connectivity index (χ0v) is 19.6. The van der Waals surface area contributed by atoms with Crippen molar-refractivity contribution in [2.24, 2.45) is 5.10 Å². The molecule has 10 nitrogen and oxygen atoms in total. The van der Waals surface area contributed by atoms with E-state index in [2.05, 4.69) is 42.4 Å². The highest BCUT2D eigenvalue weighted by Gasteiger charge is 2.15. The molecule has 174 valence electrons. The minimum Gasteiger partial charge on any atom is -0.458 e. The van der Waals surface area contributed by atoms with Gasteiger partial charge in [0.2, 0.25) is 0 Å². The van der Waals surface area contributed by atoms with Crippen molar-refractivity contribution in [1.82, 2.24) is 10.7 Å². The lowest BCUT2D eigenvalue weighted by molar-refractivity contribution is -0.136. The first-order chi connectivity index (χ1) is 16.3. The molecule has 0 radical (unpaired) electrons. The second-order valence-corrected chi connectivity index (χ2v) is 7.97. The second-order valence-electron chi connectivity index (χ2n) is 6.61. The monoisotopic (exact) mass is 545 g/mol. The molecule has 3 rings (SSSR count). The fourth-order valence-electron chi connectivity index (χ4n) is 2.52. The van der Waals surface area contributed by atoms with E-state index in [-0.39, 0.29) is 12.3 Å². The van der Waals surface area contributed by atoms with Gasteiger partial charge in [-0.3, -0.25) is 19.2 Å². The third kappa shape index (κ3) is 7.57.